The lowest BCUT2D eigenvalue weighted by molar-refractivity contribution is 0.657. The fourth-order valence-electron chi connectivity index (χ4n) is 10.5. The Kier molecular flexibility index (Phi) is 10.5. The molecule has 3 aliphatic carbocycles. The van der Waals surface area contributed by atoms with Crippen molar-refractivity contribution in [3.8, 4) is 33.4 Å². The van der Waals surface area contributed by atoms with Gasteiger partial charge < -0.3 is 4.90 Å². The van der Waals surface area contributed by atoms with Crippen molar-refractivity contribution in [1.82, 2.24) is 0 Å². The van der Waals surface area contributed by atoms with Crippen molar-refractivity contribution in [3.05, 3.63) is 221 Å². The van der Waals surface area contributed by atoms with Crippen molar-refractivity contribution in [1.29, 1.82) is 0 Å². The maximum atomic E-state index is 4.85. The van der Waals surface area contributed by atoms with Crippen LogP contribution < -0.4 is 4.90 Å². The van der Waals surface area contributed by atoms with Gasteiger partial charge >= 0.3 is 0 Å². The molecule has 1 fully saturated rings. The van der Waals surface area contributed by atoms with Crippen LogP contribution in [-0.4, -0.2) is 0 Å². The van der Waals surface area contributed by atoms with E-state index in [4.69, 9.17) is 6.58 Å². The van der Waals surface area contributed by atoms with Crippen LogP contribution in [-0.2, 0) is 5.41 Å². The van der Waals surface area contributed by atoms with E-state index in [9.17, 15) is 0 Å². The van der Waals surface area contributed by atoms with E-state index in [0.717, 1.165) is 42.7 Å². The number of hydrogen-bond donors (Lipinski definition) is 0. The summed E-state index contributed by atoms with van der Waals surface area (Å²) in [7, 11) is 0. The summed E-state index contributed by atoms with van der Waals surface area (Å²) in [4.78, 5) is 2.39. The molecule has 0 spiro atoms. The summed E-state index contributed by atoms with van der Waals surface area (Å²) in [5, 5.41) is 0. The molecule has 7 aromatic rings. The molecule has 0 aromatic heterocycles. The molecular weight excluding hydrogens is 735 g/mol. The predicted octanol–water partition coefficient (Wildman–Crippen LogP) is 17.1. The van der Waals surface area contributed by atoms with Crippen LogP contribution in [0.5, 0.6) is 0 Å². The summed E-state index contributed by atoms with van der Waals surface area (Å²) in [5.74, 6) is 0. The minimum atomic E-state index is -0.0165. The largest absolute Gasteiger partial charge is 0.311 e. The summed E-state index contributed by atoms with van der Waals surface area (Å²) >= 11 is 0. The van der Waals surface area contributed by atoms with E-state index in [1.165, 1.54) is 104 Å². The van der Waals surface area contributed by atoms with Gasteiger partial charge in [0.2, 0.25) is 0 Å². The Morgan fingerprint density at radius 2 is 0.820 bits per heavy atom. The molecule has 0 saturated heterocycles. The molecule has 0 bridgehead atoms. The SMILES string of the molecule is C=C1CCCCC/C(c2ccc3c(c2)C(C)(C)c2ccccc2-3)=C2/CCCCC2=C1c1ccc(N(c2ccc(-c3ccccc3)cc2)c2ccc(-c3ccccc3)cc2)cc1. The van der Waals surface area contributed by atoms with Gasteiger partial charge in [-0.05, 0) is 177 Å². The number of fused-ring (bicyclic) bond motifs is 4. The Morgan fingerprint density at radius 1 is 0.377 bits per heavy atom. The van der Waals surface area contributed by atoms with E-state index in [1.807, 2.05) is 0 Å². The third-order valence-electron chi connectivity index (χ3n) is 13.7. The van der Waals surface area contributed by atoms with Crippen LogP contribution in [0.2, 0.25) is 0 Å². The van der Waals surface area contributed by atoms with Crippen LogP contribution in [0.25, 0.3) is 44.5 Å². The average molecular weight is 790 g/mol. The predicted molar refractivity (Wildman–Crippen MR) is 261 cm³/mol. The number of nitrogens with zero attached hydrogens (tertiary/aromatic N) is 1. The lowest BCUT2D eigenvalue weighted by atomic mass is 9.75. The molecule has 0 amide bonds. The van der Waals surface area contributed by atoms with E-state index < -0.39 is 0 Å². The monoisotopic (exact) mass is 789 g/mol. The molecule has 1 saturated carbocycles. The van der Waals surface area contributed by atoms with Gasteiger partial charge in [0, 0.05) is 22.5 Å². The highest BCUT2D eigenvalue weighted by Crippen LogP contribution is 2.51. The van der Waals surface area contributed by atoms with Gasteiger partial charge in [-0.3, -0.25) is 0 Å². The van der Waals surface area contributed by atoms with Crippen LogP contribution in [0.15, 0.2) is 199 Å². The summed E-state index contributed by atoms with van der Waals surface area (Å²) in [5.41, 5.74) is 24.0. The third-order valence-corrected chi connectivity index (χ3v) is 13.7. The van der Waals surface area contributed by atoms with E-state index in [-0.39, 0.29) is 5.41 Å². The first kappa shape index (κ1) is 38.7. The van der Waals surface area contributed by atoms with Crippen LogP contribution in [0.3, 0.4) is 0 Å². The smallest absolute Gasteiger partial charge is 0.0462 e. The first-order valence-electron chi connectivity index (χ1n) is 22.5. The summed E-state index contributed by atoms with van der Waals surface area (Å²) < 4.78 is 0. The quantitative estimate of drug-likeness (QED) is 0.155. The normalized spacial score (nSPS) is 17.3. The maximum Gasteiger partial charge on any atom is 0.0462 e. The lowest BCUT2D eigenvalue weighted by Gasteiger charge is -2.30. The van der Waals surface area contributed by atoms with Gasteiger partial charge in [-0.1, -0.05) is 160 Å². The number of allylic oxidation sites excluding steroid dienone is 5. The number of benzene rings is 7. The van der Waals surface area contributed by atoms with Crippen LogP contribution >= 0.6 is 0 Å². The van der Waals surface area contributed by atoms with Gasteiger partial charge in [-0.15, -0.1) is 0 Å². The molecule has 0 radical (unpaired) electrons. The van der Waals surface area contributed by atoms with Crippen molar-refractivity contribution in [2.75, 3.05) is 4.90 Å². The molecule has 0 aliphatic heterocycles. The first-order chi connectivity index (χ1) is 29.9. The minimum absolute atomic E-state index is 0.0165. The zero-order valence-electron chi connectivity index (χ0n) is 35.8. The van der Waals surface area contributed by atoms with E-state index in [1.54, 1.807) is 11.1 Å². The third kappa shape index (κ3) is 7.42. The highest BCUT2D eigenvalue weighted by atomic mass is 15.1. The van der Waals surface area contributed by atoms with Gasteiger partial charge in [0.05, 0.1) is 0 Å². The second-order valence-electron chi connectivity index (χ2n) is 17.8. The van der Waals surface area contributed by atoms with Crippen molar-refractivity contribution in [3.63, 3.8) is 0 Å². The standard InChI is InChI=1S/C60H55N/c1-42-17-7-4-12-22-52(48-33-40-55-54-24-15-16-26-57(54)60(2,3)58(55)41-48)53-23-13-14-25-56(53)59(42)47-31-38-51(39-32-47)61(49-34-27-45(28-35-49)43-18-8-5-9-19-43)50-36-29-46(30-37-50)44-20-10-6-11-21-44/h5-6,8-11,15-16,18-21,24,26-41H,1,4,7,12-14,17,22-23,25H2,2-3H3/b53-52+,59-56?. The van der Waals surface area contributed by atoms with Crippen molar-refractivity contribution in [2.24, 2.45) is 0 Å². The van der Waals surface area contributed by atoms with Gasteiger partial charge in [0.1, 0.15) is 0 Å². The van der Waals surface area contributed by atoms with Crippen LogP contribution in [0.4, 0.5) is 17.1 Å². The fraction of sp³-hybridized carbons (Fsp3) is 0.200. The molecule has 10 rings (SSSR count). The summed E-state index contributed by atoms with van der Waals surface area (Å²) in [6, 6.07) is 65.2. The van der Waals surface area contributed by atoms with Gasteiger partial charge in [0.25, 0.3) is 0 Å². The first-order valence-corrected chi connectivity index (χ1v) is 22.5. The highest BCUT2D eigenvalue weighted by Gasteiger charge is 2.35. The fourth-order valence-corrected chi connectivity index (χ4v) is 10.5. The van der Waals surface area contributed by atoms with Crippen LogP contribution in [0, 0.1) is 0 Å². The molecule has 300 valence electrons. The number of rotatable bonds is 7. The zero-order valence-corrected chi connectivity index (χ0v) is 35.8. The molecule has 3 aliphatic rings. The lowest BCUT2D eigenvalue weighted by Crippen LogP contribution is -2.15. The summed E-state index contributed by atoms with van der Waals surface area (Å²) in [6.45, 7) is 9.67. The molecule has 61 heavy (non-hydrogen) atoms. The second kappa shape index (κ2) is 16.5. The molecule has 0 atom stereocenters. The van der Waals surface area contributed by atoms with Gasteiger partial charge in [-0.25, -0.2) is 0 Å². The number of hydrogen-bond acceptors (Lipinski definition) is 1. The van der Waals surface area contributed by atoms with E-state index >= 15 is 0 Å². The molecule has 1 nitrogen and oxygen atoms in total. The van der Waals surface area contributed by atoms with Gasteiger partial charge in [0.15, 0.2) is 0 Å². The Labute approximate surface area is 363 Å². The Morgan fingerprint density at radius 3 is 1.43 bits per heavy atom. The molecule has 7 aromatic carbocycles. The average Bonchev–Trinajstić information content (AvgIpc) is 3.54. The summed E-state index contributed by atoms with van der Waals surface area (Å²) in [6.07, 6.45) is 10.5. The van der Waals surface area contributed by atoms with Crippen molar-refractivity contribution in [2.45, 2.75) is 77.0 Å². The maximum absolute atomic E-state index is 4.85. The Bertz CT molecular complexity index is 2680. The Hall–Kier alpha value is -6.44. The van der Waals surface area contributed by atoms with Crippen molar-refractivity contribution >= 4 is 28.2 Å². The van der Waals surface area contributed by atoms with E-state index in [2.05, 4.69) is 195 Å². The molecule has 1 heteroatoms. The molecule has 0 heterocycles. The highest BCUT2D eigenvalue weighted by molar-refractivity contribution is 5.90. The van der Waals surface area contributed by atoms with E-state index in [0.29, 0.717) is 0 Å². The van der Waals surface area contributed by atoms with Crippen LogP contribution in [0.1, 0.15) is 93.9 Å². The molecule has 0 unspecified atom stereocenters. The minimum Gasteiger partial charge on any atom is -0.311 e. The Balaban J connectivity index is 1.06. The number of anilines is 3. The zero-order chi connectivity index (χ0) is 41.3. The second-order valence-corrected chi connectivity index (χ2v) is 17.8. The van der Waals surface area contributed by atoms with Crippen molar-refractivity contribution < 1.29 is 0 Å². The van der Waals surface area contributed by atoms with Gasteiger partial charge in [-0.2, -0.15) is 0 Å². The molecular formula is C60H55N. The molecule has 0 N–H and O–H groups in total. The topological polar surface area (TPSA) is 3.24 Å².